The normalized spacial score (nSPS) is 12.2. The Morgan fingerprint density at radius 3 is 1.92 bits per heavy atom. The second-order valence-electron chi connectivity index (χ2n) is 9.71. The van der Waals surface area contributed by atoms with Gasteiger partial charge in [0.2, 0.25) is 0 Å². The number of nitrogens with zero attached hydrogens (tertiary/aromatic N) is 2. The molecule has 0 radical (unpaired) electrons. The first-order valence-corrected chi connectivity index (χ1v) is 12.6. The average molecular weight is 492 g/mol. The topological polar surface area (TPSA) is 83.4 Å². The van der Waals surface area contributed by atoms with Crippen molar-refractivity contribution < 1.29 is 0 Å². The Kier molecular flexibility index (Phi) is 5.08. The molecule has 4 N–H and O–H groups in total. The summed E-state index contributed by atoms with van der Waals surface area (Å²) in [5.74, 6) is 0. The molecule has 5 aromatic rings. The summed E-state index contributed by atoms with van der Waals surface area (Å²) in [5, 5.41) is 0. The van der Waals surface area contributed by atoms with E-state index in [-0.39, 0.29) is 0 Å². The van der Waals surface area contributed by atoms with Crippen LogP contribution in [0.3, 0.4) is 0 Å². The molecule has 182 valence electrons. The van der Waals surface area contributed by atoms with Crippen molar-refractivity contribution in [2.24, 2.45) is 0 Å². The fraction of sp³-hybridized carbons (Fsp3) is 0.0303. The predicted octanol–water partition coefficient (Wildman–Crippen LogP) is 7.88. The zero-order chi connectivity index (χ0) is 25.6. The lowest BCUT2D eigenvalue weighted by molar-refractivity contribution is 1.31. The summed E-state index contributed by atoms with van der Waals surface area (Å²) >= 11 is 0. The molecule has 0 atom stereocenters. The Bertz CT molecular complexity index is 1930. The summed E-state index contributed by atoms with van der Waals surface area (Å²) in [6.07, 6.45) is 8.22. The Balaban J connectivity index is 1.52. The third-order valence-corrected chi connectivity index (χ3v) is 6.97. The molecule has 2 aromatic carbocycles. The van der Waals surface area contributed by atoms with Crippen molar-refractivity contribution in [3.63, 3.8) is 0 Å². The Labute approximate surface area is 220 Å². The quantitative estimate of drug-likeness (QED) is 0.215. The zero-order valence-corrected chi connectivity index (χ0v) is 20.9. The summed E-state index contributed by atoms with van der Waals surface area (Å²) in [6.45, 7) is 2.14. The van der Waals surface area contributed by atoms with Gasteiger partial charge >= 0.3 is 0 Å². The molecule has 5 heteroatoms. The van der Waals surface area contributed by atoms with E-state index in [0.717, 1.165) is 67.2 Å². The van der Waals surface area contributed by atoms with Crippen LogP contribution in [0, 0.1) is 6.92 Å². The predicted molar refractivity (Wildman–Crippen MR) is 159 cm³/mol. The first-order valence-electron chi connectivity index (χ1n) is 12.6. The minimum absolute atomic E-state index is 0.757. The Morgan fingerprint density at radius 2 is 1.18 bits per heavy atom. The van der Waals surface area contributed by atoms with Crippen LogP contribution in [-0.4, -0.2) is 19.9 Å². The van der Waals surface area contributed by atoms with Crippen LogP contribution in [0.1, 0.15) is 28.3 Å². The summed E-state index contributed by atoms with van der Waals surface area (Å²) < 4.78 is 0. The Hall–Kier alpha value is -5.16. The van der Waals surface area contributed by atoms with E-state index >= 15 is 0 Å². The molecule has 8 bridgehead atoms. The van der Waals surface area contributed by atoms with E-state index in [1.165, 1.54) is 11.1 Å². The van der Waals surface area contributed by atoms with Crippen LogP contribution in [-0.2, 0) is 0 Å². The van der Waals surface area contributed by atoms with E-state index in [1.54, 1.807) is 0 Å². The van der Waals surface area contributed by atoms with E-state index in [9.17, 15) is 0 Å². The molecule has 0 saturated carbocycles. The standard InChI is InChI=1S/C33H25N5/c1-20-2-3-22(16-30(20)21-4-6-23(34)7-5-21)33-31-14-12-28(37-31)18-26-10-8-24(35-26)17-25-9-11-27(36-25)19-29-13-15-32(33)38-29/h2-19,35,38H,34H2,1H3. The molecule has 0 spiro atoms. The fourth-order valence-electron chi connectivity index (χ4n) is 5.06. The number of nitrogens with one attached hydrogen (secondary N) is 2. The van der Waals surface area contributed by atoms with Crippen molar-refractivity contribution in [2.75, 3.05) is 5.73 Å². The number of hydrogen-bond donors (Lipinski definition) is 3. The number of aromatic nitrogens is 4. The molecule has 2 aliphatic heterocycles. The maximum Gasteiger partial charge on any atom is 0.0736 e. The molecule has 5 heterocycles. The first kappa shape index (κ1) is 22.1. The van der Waals surface area contributed by atoms with Crippen LogP contribution < -0.4 is 5.73 Å². The zero-order valence-electron chi connectivity index (χ0n) is 20.9. The largest absolute Gasteiger partial charge is 0.399 e. The van der Waals surface area contributed by atoms with E-state index < -0.39 is 0 Å². The van der Waals surface area contributed by atoms with Gasteiger partial charge in [-0.2, -0.15) is 0 Å². The molecule has 0 amide bonds. The van der Waals surface area contributed by atoms with Crippen molar-refractivity contribution in [1.82, 2.24) is 19.9 Å². The van der Waals surface area contributed by atoms with Crippen molar-refractivity contribution in [2.45, 2.75) is 6.92 Å². The van der Waals surface area contributed by atoms with Crippen molar-refractivity contribution in [3.8, 4) is 22.3 Å². The van der Waals surface area contributed by atoms with Crippen molar-refractivity contribution in [3.05, 3.63) is 113 Å². The highest BCUT2D eigenvalue weighted by atomic mass is 14.8. The average Bonchev–Trinajstić information content (AvgIpc) is 3.72. The molecule has 0 fully saturated rings. The van der Waals surface area contributed by atoms with Gasteiger partial charge in [-0.15, -0.1) is 0 Å². The van der Waals surface area contributed by atoms with Crippen LogP contribution in [0.25, 0.3) is 68.6 Å². The van der Waals surface area contributed by atoms with Crippen LogP contribution in [0.15, 0.2) is 84.9 Å². The second kappa shape index (κ2) is 8.75. The number of anilines is 1. The molecule has 3 aromatic heterocycles. The lowest BCUT2D eigenvalue weighted by Gasteiger charge is -2.11. The highest BCUT2D eigenvalue weighted by Gasteiger charge is 2.13. The number of aromatic amines is 2. The van der Waals surface area contributed by atoms with Gasteiger partial charge in [-0.25, -0.2) is 9.97 Å². The number of H-pyrrole nitrogens is 2. The molecular formula is C33H25N5. The number of fused-ring (bicyclic) bond motifs is 8. The number of benzene rings is 2. The molecule has 2 aliphatic rings. The number of hydrogen-bond acceptors (Lipinski definition) is 3. The van der Waals surface area contributed by atoms with Gasteiger partial charge in [-0.1, -0.05) is 24.3 Å². The third-order valence-electron chi connectivity index (χ3n) is 6.97. The van der Waals surface area contributed by atoms with Crippen LogP contribution >= 0.6 is 0 Å². The van der Waals surface area contributed by atoms with Gasteiger partial charge in [0.15, 0.2) is 0 Å². The molecular weight excluding hydrogens is 466 g/mol. The van der Waals surface area contributed by atoms with E-state index in [2.05, 4.69) is 95.8 Å². The van der Waals surface area contributed by atoms with E-state index in [1.807, 2.05) is 30.4 Å². The summed E-state index contributed by atoms with van der Waals surface area (Å²) in [4.78, 5) is 16.9. The smallest absolute Gasteiger partial charge is 0.0736 e. The highest BCUT2D eigenvalue weighted by Crippen LogP contribution is 2.34. The van der Waals surface area contributed by atoms with Gasteiger partial charge in [0.1, 0.15) is 0 Å². The minimum Gasteiger partial charge on any atom is -0.399 e. The first-order chi connectivity index (χ1) is 18.6. The fourth-order valence-corrected chi connectivity index (χ4v) is 5.06. The lowest BCUT2D eigenvalue weighted by atomic mass is 9.94. The van der Waals surface area contributed by atoms with Gasteiger partial charge in [-0.3, -0.25) is 0 Å². The highest BCUT2D eigenvalue weighted by molar-refractivity contribution is 5.92. The van der Waals surface area contributed by atoms with Gasteiger partial charge in [-0.05, 0) is 114 Å². The maximum atomic E-state index is 5.95. The third kappa shape index (κ3) is 4.10. The van der Waals surface area contributed by atoms with Gasteiger partial charge in [0.05, 0.1) is 22.8 Å². The molecule has 38 heavy (non-hydrogen) atoms. The van der Waals surface area contributed by atoms with Crippen LogP contribution in [0.5, 0.6) is 0 Å². The molecule has 0 saturated heterocycles. The van der Waals surface area contributed by atoms with E-state index in [4.69, 9.17) is 15.7 Å². The number of rotatable bonds is 2. The van der Waals surface area contributed by atoms with Crippen molar-refractivity contribution >= 4 is 52.1 Å². The number of nitrogen functional groups attached to an aromatic ring is 1. The summed E-state index contributed by atoms with van der Waals surface area (Å²) in [7, 11) is 0. The summed E-state index contributed by atoms with van der Waals surface area (Å²) in [6, 6.07) is 29.1. The number of nitrogens with two attached hydrogens (primary N) is 1. The molecule has 0 unspecified atom stereocenters. The molecule has 0 aliphatic carbocycles. The minimum atomic E-state index is 0.757. The van der Waals surface area contributed by atoms with E-state index in [0.29, 0.717) is 0 Å². The molecule has 5 nitrogen and oxygen atoms in total. The number of aryl methyl sites for hydroxylation is 1. The van der Waals surface area contributed by atoms with Crippen LogP contribution in [0.4, 0.5) is 5.69 Å². The van der Waals surface area contributed by atoms with Crippen molar-refractivity contribution in [1.29, 1.82) is 0 Å². The van der Waals surface area contributed by atoms with Gasteiger partial charge in [0, 0.05) is 33.3 Å². The lowest BCUT2D eigenvalue weighted by Crippen LogP contribution is -1.90. The molecule has 7 rings (SSSR count). The van der Waals surface area contributed by atoms with Crippen LogP contribution in [0.2, 0.25) is 0 Å². The van der Waals surface area contributed by atoms with Gasteiger partial charge in [0.25, 0.3) is 0 Å². The summed E-state index contributed by atoms with van der Waals surface area (Å²) in [5.41, 5.74) is 20.0. The second-order valence-corrected chi connectivity index (χ2v) is 9.71. The van der Waals surface area contributed by atoms with Gasteiger partial charge < -0.3 is 15.7 Å². The Morgan fingerprint density at radius 1 is 0.579 bits per heavy atom. The SMILES string of the molecule is Cc1ccc(-c2c3nc(cc4ccc(cc5nc(cc6ccc2[nH]6)C=C5)[nH]4)C=C3)cc1-c1ccc(N)cc1. The maximum absolute atomic E-state index is 5.95. The monoisotopic (exact) mass is 491 g/mol.